The molecule has 0 unspecified atom stereocenters. The highest BCUT2D eigenvalue weighted by atomic mass is 32.1. The summed E-state index contributed by atoms with van der Waals surface area (Å²) in [5.74, 6) is 0.550. The van der Waals surface area contributed by atoms with Gasteiger partial charge in [-0.05, 0) is 37.9 Å². The Hall–Kier alpha value is -0.840. The van der Waals surface area contributed by atoms with Crippen molar-refractivity contribution in [3.8, 4) is 0 Å². The fourth-order valence-electron chi connectivity index (χ4n) is 3.07. The van der Waals surface area contributed by atoms with Crippen molar-refractivity contribution in [3.63, 3.8) is 0 Å². The lowest BCUT2D eigenvalue weighted by Crippen LogP contribution is -2.46. The number of rotatable bonds is 1. The predicted molar refractivity (Wildman–Crippen MR) is 80.7 cm³/mol. The Labute approximate surface area is 121 Å². The molecule has 4 nitrogen and oxygen atoms in total. The van der Waals surface area contributed by atoms with Crippen LogP contribution in [0.1, 0.15) is 44.9 Å². The van der Waals surface area contributed by atoms with Gasteiger partial charge in [0.05, 0.1) is 0 Å². The quantitative estimate of drug-likeness (QED) is 0.745. The Bertz CT molecular complexity index is 319. The second-order valence-corrected chi connectivity index (χ2v) is 6.11. The monoisotopic (exact) mass is 283 g/mol. The van der Waals surface area contributed by atoms with E-state index in [1.165, 1.54) is 19.3 Å². The smallest absolute Gasteiger partial charge is 0.225 e. The zero-order valence-corrected chi connectivity index (χ0v) is 12.5. The van der Waals surface area contributed by atoms with Crippen molar-refractivity contribution in [2.24, 2.45) is 11.7 Å². The molecular weight excluding hydrogens is 258 g/mol. The van der Waals surface area contributed by atoms with Crippen molar-refractivity contribution >= 4 is 23.2 Å². The number of nitrogens with zero attached hydrogens (tertiary/aromatic N) is 2. The van der Waals surface area contributed by atoms with Crippen LogP contribution in [0.15, 0.2) is 0 Å². The molecule has 0 aromatic carbocycles. The summed E-state index contributed by atoms with van der Waals surface area (Å²) in [5.41, 5.74) is 5.63. The third kappa shape index (κ3) is 4.06. The van der Waals surface area contributed by atoms with Gasteiger partial charge in [-0.3, -0.25) is 4.79 Å². The minimum Gasteiger partial charge on any atom is -0.376 e. The first-order valence-corrected chi connectivity index (χ1v) is 7.92. The highest BCUT2D eigenvalue weighted by Gasteiger charge is 2.28. The van der Waals surface area contributed by atoms with Gasteiger partial charge < -0.3 is 15.5 Å². The lowest BCUT2D eigenvalue weighted by molar-refractivity contribution is -0.137. The van der Waals surface area contributed by atoms with Crippen molar-refractivity contribution in [2.45, 2.75) is 44.9 Å². The van der Waals surface area contributed by atoms with E-state index >= 15 is 0 Å². The number of thiocarbonyl (C=S) groups is 1. The van der Waals surface area contributed by atoms with E-state index in [1.54, 1.807) is 0 Å². The Balaban J connectivity index is 1.84. The number of piperidine rings is 1. The molecule has 1 amide bonds. The molecule has 0 aliphatic carbocycles. The van der Waals surface area contributed by atoms with Crippen molar-refractivity contribution in [1.82, 2.24) is 9.80 Å². The number of likely N-dealkylation sites (tertiary alicyclic amines) is 2. The first kappa shape index (κ1) is 14.6. The van der Waals surface area contributed by atoms with Crippen LogP contribution in [0.2, 0.25) is 0 Å². The largest absolute Gasteiger partial charge is 0.376 e. The number of carbonyl (C=O) groups excluding carboxylic acids is 1. The van der Waals surface area contributed by atoms with Gasteiger partial charge in [0, 0.05) is 32.1 Å². The third-order valence-electron chi connectivity index (χ3n) is 4.32. The summed E-state index contributed by atoms with van der Waals surface area (Å²) in [7, 11) is 0. The maximum Gasteiger partial charge on any atom is 0.225 e. The SMILES string of the molecule is NC(=S)N1CCC(C(=O)N2CCCCCCC2)CC1. The highest BCUT2D eigenvalue weighted by Crippen LogP contribution is 2.21. The summed E-state index contributed by atoms with van der Waals surface area (Å²) >= 11 is 4.99. The van der Waals surface area contributed by atoms with Crippen LogP contribution >= 0.6 is 12.2 Å². The number of hydrogen-bond acceptors (Lipinski definition) is 2. The summed E-state index contributed by atoms with van der Waals surface area (Å²) in [6.07, 6.45) is 7.98. The number of hydrogen-bond donors (Lipinski definition) is 1. The van der Waals surface area contributed by atoms with Gasteiger partial charge in [0.2, 0.25) is 5.91 Å². The lowest BCUT2D eigenvalue weighted by Gasteiger charge is -2.35. The lowest BCUT2D eigenvalue weighted by atomic mass is 9.95. The first-order valence-electron chi connectivity index (χ1n) is 7.51. The molecule has 108 valence electrons. The molecule has 0 aromatic rings. The minimum atomic E-state index is 0.185. The van der Waals surface area contributed by atoms with E-state index in [9.17, 15) is 4.79 Å². The molecule has 0 aromatic heterocycles. The molecule has 19 heavy (non-hydrogen) atoms. The Kier molecular flexibility index (Phi) is 5.43. The average Bonchev–Trinajstić information content (AvgIpc) is 2.38. The van der Waals surface area contributed by atoms with Gasteiger partial charge in [-0.2, -0.15) is 0 Å². The van der Waals surface area contributed by atoms with Gasteiger partial charge >= 0.3 is 0 Å². The van der Waals surface area contributed by atoms with Gasteiger partial charge in [0.1, 0.15) is 0 Å². The van der Waals surface area contributed by atoms with Crippen LogP contribution in [0.3, 0.4) is 0 Å². The second kappa shape index (κ2) is 7.08. The molecule has 2 heterocycles. The molecule has 5 heteroatoms. The molecule has 2 aliphatic rings. The van der Waals surface area contributed by atoms with Crippen LogP contribution in [-0.2, 0) is 4.79 Å². The van der Waals surface area contributed by atoms with Gasteiger partial charge in [0.25, 0.3) is 0 Å². The second-order valence-electron chi connectivity index (χ2n) is 5.69. The van der Waals surface area contributed by atoms with E-state index in [-0.39, 0.29) is 5.92 Å². The third-order valence-corrected chi connectivity index (χ3v) is 4.58. The van der Waals surface area contributed by atoms with Gasteiger partial charge in [-0.25, -0.2) is 0 Å². The first-order chi connectivity index (χ1) is 9.18. The standard InChI is InChI=1S/C14H25N3OS/c15-14(19)17-10-6-12(7-11-17)13(18)16-8-4-2-1-3-5-9-16/h12H,1-11H2,(H2,15,19). The molecule has 2 saturated heterocycles. The highest BCUT2D eigenvalue weighted by molar-refractivity contribution is 7.80. The van der Waals surface area contributed by atoms with E-state index in [4.69, 9.17) is 18.0 Å². The van der Waals surface area contributed by atoms with E-state index in [0.717, 1.165) is 51.9 Å². The Morgan fingerprint density at radius 2 is 1.42 bits per heavy atom. The van der Waals surface area contributed by atoms with Crippen LogP contribution < -0.4 is 5.73 Å². The molecule has 0 bridgehead atoms. The van der Waals surface area contributed by atoms with Crippen molar-refractivity contribution < 1.29 is 4.79 Å². The van der Waals surface area contributed by atoms with Crippen LogP contribution in [-0.4, -0.2) is 47.0 Å². The van der Waals surface area contributed by atoms with E-state index < -0.39 is 0 Å². The fourth-order valence-corrected chi connectivity index (χ4v) is 3.26. The summed E-state index contributed by atoms with van der Waals surface area (Å²) in [4.78, 5) is 16.6. The minimum absolute atomic E-state index is 0.185. The Morgan fingerprint density at radius 3 is 1.95 bits per heavy atom. The summed E-state index contributed by atoms with van der Waals surface area (Å²) in [6.45, 7) is 3.57. The van der Waals surface area contributed by atoms with Crippen LogP contribution in [0.5, 0.6) is 0 Å². The average molecular weight is 283 g/mol. The normalized spacial score (nSPS) is 22.7. The fraction of sp³-hybridized carbons (Fsp3) is 0.857. The number of nitrogens with two attached hydrogens (primary N) is 1. The summed E-state index contributed by atoms with van der Waals surface area (Å²) in [5, 5.41) is 0.470. The van der Waals surface area contributed by atoms with Gasteiger partial charge in [-0.1, -0.05) is 19.3 Å². The maximum absolute atomic E-state index is 12.5. The molecule has 0 radical (unpaired) electrons. The van der Waals surface area contributed by atoms with E-state index in [0.29, 0.717) is 11.0 Å². The number of amides is 1. The molecule has 2 N–H and O–H groups in total. The molecule has 0 spiro atoms. The molecular formula is C14H25N3OS. The Morgan fingerprint density at radius 1 is 0.895 bits per heavy atom. The molecule has 2 aliphatic heterocycles. The van der Waals surface area contributed by atoms with Crippen LogP contribution in [0.25, 0.3) is 0 Å². The van der Waals surface area contributed by atoms with Crippen molar-refractivity contribution in [3.05, 3.63) is 0 Å². The summed E-state index contributed by atoms with van der Waals surface area (Å²) in [6, 6.07) is 0. The van der Waals surface area contributed by atoms with Gasteiger partial charge in [-0.15, -0.1) is 0 Å². The van der Waals surface area contributed by atoms with Crippen molar-refractivity contribution in [1.29, 1.82) is 0 Å². The molecule has 2 rings (SSSR count). The van der Waals surface area contributed by atoms with E-state index in [1.807, 2.05) is 4.90 Å². The van der Waals surface area contributed by atoms with Crippen LogP contribution in [0, 0.1) is 5.92 Å². The summed E-state index contributed by atoms with van der Waals surface area (Å²) < 4.78 is 0. The predicted octanol–water partition coefficient (Wildman–Crippen LogP) is 1.73. The number of carbonyl (C=O) groups is 1. The zero-order valence-electron chi connectivity index (χ0n) is 11.6. The van der Waals surface area contributed by atoms with Crippen molar-refractivity contribution in [2.75, 3.05) is 26.2 Å². The zero-order chi connectivity index (χ0) is 13.7. The van der Waals surface area contributed by atoms with Crippen LogP contribution in [0.4, 0.5) is 0 Å². The van der Waals surface area contributed by atoms with Gasteiger partial charge in [0.15, 0.2) is 5.11 Å². The van der Waals surface area contributed by atoms with E-state index in [2.05, 4.69) is 4.90 Å². The topological polar surface area (TPSA) is 49.6 Å². The molecule has 0 saturated carbocycles. The molecule has 0 atom stereocenters. The maximum atomic E-state index is 12.5. The molecule has 2 fully saturated rings.